The van der Waals surface area contributed by atoms with Crippen molar-refractivity contribution in [3.8, 4) is 0 Å². The Bertz CT molecular complexity index is 217. The number of rotatable bonds is 16. The molecule has 2 N–H and O–H groups in total. The van der Waals surface area contributed by atoms with Crippen LogP contribution in [0.5, 0.6) is 0 Å². The van der Waals surface area contributed by atoms with Crippen LogP contribution in [0, 0.1) is 0 Å². The van der Waals surface area contributed by atoms with Gasteiger partial charge in [0.1, 0.15) is 0 Å². The lowest BCUT2D eigenvalue weighted by molar-refractivity contribution is -0.242. The quantitative estimate of drug-likeness (QED) is 0.172. The first-order chi connectivity index (χ1) is 10.3. The Morgan fingerprint density at radius 3 is 2.24 bits per heavy atom. The lowest BCUT2D eigenvalue weighted by atomic mass is 10.1. The van der Waals surface area contributed by atoms with Crippen LogP contribution in [0.4, 0.5) is 0 Å². The molecule has 0 amide bonds. The molecule has 0 aliphatic heterocycles. The first kappa shape index (κ1) is 20.6. The zero-order valence-corrected chi connectivity index (χ0v) is 13.9. The summed E-state index contributed by atoms with van der Waals surface area (Å²) >= 11 is 0. The van der Waals surface area contributed by atoms with Gasteiger partial charge in [-0.1, -0.05) is 70.4 Å². The lowest BCUT2D eigenvalue weighted by Crippen LogP contribution is -2.04. The van der Waals surface area contributed by atoms with E-state index in [1.54, 1.807) is 0 Å². The van der Waals surface area contributed by atoms with Gasteiger partial charge < -0.3 is 5.11 Å². The van der Waals surface area contributed by atoms with Gasteiger partial charge in [0.05, 0.1) is 12.7 Å². The number of hydrogen-bond donors (Lipinski definition) is 2. The van der Waals surface area contributed by atoms with Crippen LogP contribution in [0.2, 0.25) is 0 Å². The first-order valence-corrected chi connectivity index (χ1v) is 8.90. The largest absolute Gasteiger partial charge is 0.393 e. The van der Waals surface area contributed by atoms with Crippen LogP contribution in [0.15, 0.2) is 12.2 Å². The van der Waals surface area contributed by atoms with Crippen LogP contribution < -0.4 is 0 Å². The van der Waals surface area contributed by atoms with Crippen LogP contribution in [0.1, 0.15) is 90.4 Å². The molecule has 21 heavy (non-hydrogen) atoms. The maximum Gasteiger partial charge on any atom is 0.0819 e. The van der Waals surface area contributed by atoms with Gasteiger partial charge in [0.15, 0.2) is 0 Å². The van der Waals surface area contributed by atoms with E-state index in [1.807, 2.05) is 0 Å². The van der Waals surface area contributed by atoms with Gasteiger partial charge >= 0.3 is 0 Å². The molecular formula is C18H36O3. The fraction of sp³-hybridized carbons (Fsp3) is 0.889. The second kappa shape index (κ2) is 17.7. The van der Waals surface area contributed by atoms with E-state index in [0.29, 0.717) is 6.61 Å². The molecule has 0 spiro atoms. The summed E-state index contributed by atoms with van der Waals surface area (Å²) in [4.78, 5) is 4.04. The Morgan fingerprint density at radius 2 is 1.52 bits per heavy atom. The second-order valence-electron chi connectivity index (χ2n) is 5.95. The standard InChI is InChI=1S/C18H36O3/c1-2-3-4-12-15-18(19)16-13-10-8-6-5-7-9-11-14-17-21-20/h10,13,18-20H,2-9,11-12,14-17H2,1H3. The first-order valence-electron chi connectivity index (χ1n) is 8.90. The fourth-order valence-electron chi connectivity index (χ4n) is 2.43. The van der Waals surface area contributed by atoms with Crippen LogP contribution in [-0.2, 0) is 4.89 Å². The van der Waals surface area contributed by atoms with Crippen molar-refractivity contribution in [3.05, 3.63) is 12.2 Å². The highest BCUT2D eigenvalue weighted by Gasteiger charge is 2.00. The normalized spacial score (nSPS) is 13.1. The Hall–Kier alpha value is -0.380. The molecule has 0 radical (unpaired) electrons. The van der Waals surface area contributed by atoms with E-state index >= 15 is 0 Å². The predicted octanol–water partition coefficient (Wildman–Crippen LogP) is 5.48. The van der Waals surface area contributed by atoms with Gasteiger partial charge in [-0.05, 0) is 32.1 Å². The highest BCUT2D eigenvalue weighted by Crippen LogP contribution is 2.10. The van der Waals surface area contributed by atoms with Crippen molar-refractivity contribution in [2.24, 2.45) is 0 Å². The molecule has 3 heteroatoms. The molecule has 0 saturated heterocycles. The third kappa shape index (κ3) is 17.6. The van der Waals surface area contributed by atoms with E-state index in [0.717, 1.165) is 38.5 Å². The molecule has 0 aromatic rings. The van der Waals surface area contributed by atoms with E-state index in [9.17, 15) is 5.11 Å². The van der Waals surface area contributed by atoms with E-state index in [2.05, 4.69) is 24.0 Å². The summed E-state index contributed by atoms with van der Waals surface area (Å²) in [7, 11) is 0. The monoisotopic (exact) mass is 300 g/mol. The molecule has 1 atom stereocenters. The number of aliphatic hydroxyl groups is 1. The summed E-state index contributed by atoms with van der Waals surface area (Å²) in [6.45, 7) is 2.67. The molecular weight excluding hydrogens is 264 g/mol. The molecule has 0 aromatic heterocycles. The van der Waals surface area contributed by atoms with Gasteiger partial charge in [0.25, 0.3) is 0 Å². The highest BCUT2D eigenvalue weighted by molar-refractivity contribution is 4.83. The third-order valence-corrected chi connectivity index (χ3v) is 3.82. The molecule has 0 bridgehead atoms. The van der Waals surface area contributed by atoms with Crippen molar-refractivity contribution >= 4 is 0 Å². The summed E-state index contributed by atoms with van der Waals surface area (Å²) in [5.74, 6) is 0. The number of allylic oxidation sites excluding steroid dienone is 1. The van der Waals surface area contributed by atoms with Gasteiger partial charge in [-0.25, -0.2) is 4.89 Å². The van der Waals surface area contributed by atoms with E-state index in [1.165, 1.54) is 44.9 Å². The van der Waals surface area contributed by atoms with E-state index in [-0.39, 0.29) is 6.10 Å². The van der Waals surface area contributed by atoms with Gasteiger partial charge in [-0.2, -0.15) is 0 Å². The lowest BCUT2D eigenvalue weighted by Gasteiger charge is -2.07. The Balaban J connectivity index is 3.20. The van der Waals surface area contributed by atoms with Crippen molar-refractivity contribution in [2.45, 2.75) is 96.5 Å². The molecule has 0 heterocycles. The molecule has 0 aromatic carbocycles. The molecule has 126 valence electrons. The Morgan fingerprint density at radius 1 is 0.857 bits per heavy atom. The number of aliphatic hydroxyl groups excluding tert-OH is 1. The minimum Gasteiger partial charge on any atom is -0.393 e. The van der Waals surface area contributed by atoms with Crippen molar-refractivity contribution in [1.82, 2.24) is 0 Å². The number of unbranched alkanes of at least 4 members (excludes halogenated alkanes) is 9. The summed E-state index contributed by atoms with van der Waals surface area (Å²) < 4.78 is 0. The van der Waals surface area contributed by atoms with Crippen molar-refractivity contribution in [2.75, 3.05) is 6.61 Å². The average Bonchev–Trinajstić information content (AvgIpc) is 2.49. The fourth-order valence-corrected chi connectivity index (χ4v) is 2.43. The zero-order valence-electron chi connectivity index (χ0n) is 13.9. The zero-order chi connectivity index (χ0) is 15.6. The molecule has 1 unspecified atom stereocenters. The molecule has 0 fully saturated rings. The smallest absolute Gasteiger partial charge is 0.0819 e. The summed E-state index contributed by atoms with van der Waals surface area (Å²) in [5, 5.41) is 18.0. The van der Waals surface area contributed by atoms with Gasteiger partial charge in [-0.3, -0.25) is 5.26 Å². The minimum absolute atomic E-state index is 0.146. The van der Waals surface area contributed by atoms with Gasteiger partial charge in [0, 0.05) is 0 Å². The number of hydrogen-bond acceptors (Lipinski definition) is 3. The van der Waals surface area contributed by atoms with Crippen LogP contribution in [0.25, 0.3) is 0 Å². The summed E-state index contributed by atoms with van der Waals surface area (Å²) in [5.41, 5.74) is 0. The molecule has 0 aliphatic rings. The molecule has 3 nitrogen and oxygen atoms in total. The van der Waals surface area contributed by atoms with Gasteiger partial charge in [-0.15, -0.1) is 0 Å². The van der Waals surface area contributed by atoms with Crippen LogP contribution in [-0.4, -0.2) is 23.1 Å². The maximum atomic E-state index is 9.81. The van der Waals surface area contributed by atoms with Gasteiger partial charge in [0.2, 0.25) is 0 Å². The molecule has 0 rings (SSSR count). The second-order valence-corrected chi connectivity index (χ2v) is 5.95. The molecule has 0 saturated carbocycles. The Kier molecular flexibility index (Phi) is 17.4. The predicted molar refractivity (Wildman–Crippen MR) is 89.4 cm³/mol. The third-order valence-electron chi connectivity index (χ3n) is 3.82. The van der Waals surface area contributed by atoms with Crippen molar-refractivity contribution in [3.63, 3.8) is 0 Å². The van der Waals surface area contributed by atoms with Crippen molar-refractivity contribution < 1.29 is 15.3 Å². The van der Waals surface area contributed by atoms with Crippen LogP contribution in [0.3, 0.4) is 0 Å². The van der Waals surface area contributed by atoms with Crippen molar-refractivity contribution in [1.29, 1.82) is 0 Å². The Labute approximate surface area is 131 Å². The highest BCUT2D eigenvalue weighted by atomic mass is 17.1. The topological polar surface area (TPSA) is 49.7 Å². The SMILES string of the molecule is CCCCCCC(O)CC=CCCCCCCCCOO. The average molecular weight is 300 g/mol. The summed E-state index contributed by atoms with van der Waals surface area (Å²) in [6.07, 6.45) is 19.1. The summed E-state index contributed by atoms with van der Waals surface area (Å²) in [6, 6.07) is 0. The van der Waals surface area contributed by atoms with E-state index in [4.69, 9.17) is 5.26 Å². The minimum atomic E-state index is -0.146. The maximum absolute atomic E-state index is 9.81. The van der Waals surface area contributed by atoms with E-state index < -0.39 is 0 Å². The molecule has 0 aliphatic carbocycles. The van der Waals surface area contributed by atoms with Crippen LogP contribution >= 0.6 is 0 Å².